The lowest BCUT2D eigenvalue weighted by molar-refractivity contribution is 0.0520. The molecular weight excluding hydrogens is 168 g/mol. The Balaban J connectivity index is 1.68. The van der Waals surface area contributed by atoms with Gasteiger partial charge < -0.3 is 0 Å². The summed E-state index contributed by atoms with van der Waals surface area (Å²) in [6, 6.07) is 0. The highest BCUT2D eigenvalue weighted by Crippen LogP contribution is 2.49. The van der Waals surface area contributed by atoms with Gasteiger partial charge in [0.1, 0.15) is 0 Å². The molecule has 0 aromatic rings. The van der Waals surface area contributed by atoms with E-state index in [-0.39, 0.29) is 0 Å². The molecule has 0 bridgehead atoms. The molecule has 0 heterocycles. The molecule has 0 amide bonds. The first-order valence-corrected chi connectivity index (χ1v) is 6.93. The van der Waals surface area contributed by atoms with E-state index in [1.165, 1.54) is 0 Å². The monoisotopic (exact) mass is 192 g/mol. The predicted molar refractivity (Wildman–Crippen MR) is 60.1 cm³/mol. The normalized spacial score (nSPS) is 48.0. The third-order valence-corrected chi connectivity index (χ3v) is 5.34. The van der Waals surface area contributed by atoms with E-state index < -0.39 is 0 Å². The first-order valence-electron chi connectivity index (χ1n) is 6.93. The largest absolute Gasteiger partial charge is 0.0530 e. The van der Waals surface area contributed by atoms with Gasteiger partial charge in [0, 0.05) is 0 Å². The highest BCUT2D eigenvalue weighted by molar-refractivity contribution is 4.89. The lowest BCUT2D eigenvalue weighted by Gasteiger charge is -2.46. The molecule has 2 unspecified atom stereocenters. The quantitative estimate of drug-likeness (QED) is 0.534. The molecule has 0 aromatic carbocycles. The first-order chi connectivity index (χ1) is 6.93. The van der Waals surface area contributed by atoms with Gasteiger partial charge in [0.05, 0.1) is 0 Å². The van der Waals surface area contributed by atoms with Crippen molar-refractivity contribution in [3.05, 3.63) is 0 Å². The Morgan fingerprint density at radius 2 is 0.714 bits per heavy atom. The summed E-state index contributed by atoms with van der Waals surface area (Å²) in [4.78, 5) is 0. The van der Waals surface area contributed by atoms with Crippen molar-refractivity contribution < 1.29 is 0 Å². The van der Waals surface area contributed by atoms with Crippen LogP contribution in [0.25, 0.3) is 0 Å². The van der Waals surface area contributed by atoms with E-state index in [0.29, 0.717) is 0 Å². The molecule has 0 spiro atoms. The Morgan fingerprint density at radius 1 is 0.429 bits per heavy atom. The van der Waals surface area contributed by atoms with Gasteiger partial charge in [0.2, 0.25) is 0 Å². The third kappa shape index (κ3) is 1.61. The van der Waals surface area contributed by atoms with Gasteiger partial charge in [-0.1, -0.05) is 51.4 Å². The van der Waals surface area contributed by atoms with Crippen LogP contribution in [0.4, 0.5) is 0 Å². The van der Waals surface area contributed by atoms with E-state index in [0.717, 1.165) is 23.7 Å². The number of rotatable bonds is 0. The van der Waals surface area contributed by atoms with E-state index in [9.17, 15) is 0 Å². The Labute approximate surface area is 88.5 Å². The fourth-order valence-electron chi connectivity index (χ4n) is 4.59. The highest BCUT2D eigenvalue weighted by atomic mass is 14.4. The second-order valence-corrected chi connectivity index (χ2v) is 6.08. The minimum atomic E-state index is 1.16. The van der Waals surface area contributed by atoms with Crippen LogP contribution in [-0.2, 0) is 0 Å². The summed E-state index contributed by atoms with van der Waals surface area (Å²) < 4.78 is 0. The molecule has 3 aliphatic rings. The van der Waals surface area contributed by atoms with Crippen LogP contribution in [0.3, 0.4) is 0 Å². The first kappa shape index (κ1) is 9.24. The molecule has 3 rings (SSSR count). The van der Waals surface area contributed by atoms with E-state index in [1.807, 2.05) is 0 Å². The average molecular weight is 192 g/mol. The second kappa shape index (κ2) is 3.87. The Kier molecular flexibility index (Phi) is 2.55. The van der Waals surface area contributed by atoms with Crippen molar-refractivity contribution in [2.45, 2.75) is 64.2 Å². The van der Waals surface area contributed by atoms with Crippen molar-refractivity contribution in [3.8, 4) is 0 Å². The van der Waals surface area contributed by atoms with Gasteiger partial charge in [-0.3, -0.25) is 0 Å². The lowest BCUT2D eigenvalue weighted by Crippen LogP contribution is -2.35. The van der Waals surface area contributed by atoms with Crippen LogP contribution >= 0.6 is 0 Å². The fraction of sp³-hybridized carbons (Fsp3) is 1.00. The summed E-state index contributed by atoms with van der Waals surface area (Å²) in [6.07, 6.45) is 15.7. The van der Waals surface area contributed by atoms with Crippen molar-refractivity contribution in [2.75, 3.05) is 0 Å². The maximum atomic E-state index is 1.62. The van der Waals surface area contributed by atoms with Gasteiger partial charge in [-0.05, 0) is 36.5 Å². The third-order valence-electron chi connectivity index (χ3n) is 5.34. The van der Waals surface area contributed by atoms with E-state index >= 15 is 0 Å². The van der Waals surface area contributed by atoms with Gasteiger partial charge in [-0.15, -0.1) is 0 Å². The van der Waals surface area contributed by atoms with E-state index in [4.69, 9.17) is 0 Å². The van der Waals surface area contributed by atoms with Gasteiger partial charge in [0.15, 0.2) is 0 Å². The van der Waals surface area contributed by atoms with Crippen LogP contribution in [0.1, 0.15) is 64.2 Å². The van der Waals surface area contributed by atoms with Crippen LogP contribution in [0, 0.1) is 23.7 Å². The van der Waals surface area contributed by atoms with Crippen LogP contribution in [0.5, 0.6) is 0 Å². The maximum absolute atomic E-state index is 1.62. The Morgan fingerprint density at radius 3 is 1.00 bits per heavy atom. The van der Waals surface area contributed by atoms with Crippen LogP contribution < -0.4 is 0 Å². The highest BCUT2D eigenvalue weighted by Gasteiger charge is 2.38. The summed E-state index contributed by atoms with van der Waals surface area (Å²) in [5.41, 5.74) is 0. The Bertz CT molecular complexity index is 154. The smallest absolute Gasteiger partial charge is 0.0383 e. The average Bonchev–Trinajstić information content (AvgIpc) is 2.26. The SMILES string of the molecule is C1CC[C@@H]2C[C@@H]3CCCCC3CC2C1. The molecule has 0 nitrogen and oxygen atoms in total. The Hall–Kier alpha value is 0. The molecule has 3 aliphatic carbocycles. The molecule has 0 aliphatic heterocycles. The molecule has 0 radical (unpaired) electrons. The lowest BCUT2D eigenvalue weighted by atomic mass is 9.60. The topological polar surface area (TPSA) is 0 Å². The predicted octanol–water partition coefficient (Wildman–Crippen LogP) is 4.39. The molecule has 4 atom stereocenters. The maximum Gasteiger partial charge on any atom is -0.0383 e. The summed E-state index contributed by atoms with van der Waals surface area (Å²) in [7, 11) is 0. The summed E-state index contributed by atoms with van der Waals surface area (Å²) in [5, 5.41) is 0. The van der Waals surface area contributed by atoms with Crippen LogP contribution in [0.2, 0.25) is 0 Å². The van der Waals surface area contributed by atoms with Gasteiger partial charge in [0.25, 0.3) is 0 Å². The van der Waals surface area contributed by atoms with Gasteiger partial charge in [-0.2, -0.15) is 0 Å². The summed E-state index contributed by atoms with van der Waals surface area (Å²) in [5.74, 6) is 4.62. The number of hydrogen-bond donors (Lipinski definition) is 0. The van der Waals surface area contributed by atoms with Crippen molar-refractivity contribution in [1.29, 1.82) is 0 Å². The standard InChI is InChI=1S/C14H24/c1-2-6-12-10-14-8-4-3-7-13(14)9-11(12)5-1/h11-14H,1-10H2/t11-,12?,13+,14?. The van der Waals surface area contributed by atoms with E-state index in [1.54, 1.807) is 64.2 Å². The molecule has 3 fully saturated rings. The minimum Gasteiger partial charge on any atom is -0.0530 e. The van der Waals surface area contributed by atoms with Crippen LogP contribution in [0.15, 0.2) is 0 Å². The van der Waals surface area contributed by atoms with Crippen molar-refractivity contribution in [2.24, 2.45) is 23.7 Å². The zero-order chi connectivity index (χ0) is 9.38. The molecule has 0 saturated heterocycles. The fourth-order valence-corrected chi connectivity index (χ4v) is 4.59. The zero-order valence-electron chi connectivity index (χ0n) is 9.38. The van der Waals surface area contributed by atoms with E-state index in [2.05, 4.69) is 0 Å². The molecule has 80 valence electrons. The second-order valence-electron chi connectivity index (χ2n) is 6.08. The number of hydrogen-bond acceptors (Lipinski definition) is 0. The zero-order valence-corrected chi connectivity index (χ0v) is 9.38. The molecule has 0 N–H and O–H groups in total. The molecule has 3 saturated carbocycles. The summed E-state index contributed by atoms with van der Waals surface area (Å²) in [6.45, 7) is 0. The molecule has 14 heavy (non-hydrogen) atoms. The minimum absolute atomic E-state index is 1.16. The molecular formula is C14H24. The van der Waals surface area contributed by atoms with Crippen molar-refractivity contribution >= 4 is 0 Å². The van der Waals surface area contributed by atoms with Gasteiger partial charge >= 0.3 is 0 Å². The van der Waals surface area contributed by atoms with Gasteiger partial charge in [-0.25, -0.2) is 0 Å². The molecule has 0 heteroatoms. The van der Waals surface area contributed by atoms with Crippen molar-refractivity contribution in [3.63, 3.8) is 0 Å². The van der Waals surface area contributed by atoms with Crippen LogP contribution in [-0.4, -0.2) is 0 Å². The summed E-state index contributed by atoms with van der Waals surface area (Å²) >= 11 is 0. The number of fused-ring (bicyclic) bond motifs is 2. The molecule has 0 aromatic heterocycles. The van der Waals surface area contributed by atoms with Crippen molar-refractivity contribution in [1.82, 2.24) is 0 Å².